The molecule has 4 amide bonds. The second-order valence-corrected chi connectivity index (χ2v) is 8.39. The maximum atomic E-state index is 12.8. The average molecular weight is 491 g/mol. The van der Waals surface area contributed by atoms with Crippen LogP contribution < -0.4 is 10.6 Å². The van der Waals surface area contributed by atoms with E-state index in [0.717, 1.165) is 19.6 Å². The SMILES string of the molecule is Cc1cc(I)ccc1NC(=O)CN1C(=O)NC(C)(CCc2ccccc2)C1=O. The summed E-state index contributed by atoms with van der Waals surface area (Å²) in [6, 6.07) is 14.9. The number of benzene rings is 2. The van der Waals surface area contributed by atoms with Gasteiger partial charge >= 0.3 is 6.03 Å². The zero-order valence-corrected chi connectivity index (χ0v) is 17.9. The lowest BCUT2D eigenvalue weighted by Gasteiger charge is -2.21. The molecule has 28 heavy (non-hydrogen) atoms. The van der Waals surface area contributed by atoms with E-state index in [9.17, 15) is 14.4 Å². The number of imide groups is 1. The summed E-state index contributed by atoms with van der Waals surface area (Å²) in [5.41, 5.74) is 1.68. The van der Waals surface area contributed by atoms with Gasteiger partial charge in [-0.25, -0.2) is 4.79 Å². The summed E-state index contributed by atoms with van der Waals surface area (Å²) >= 11 is 2.20. The van der Waals surface area contributed by atoms with E-state index >= 15 is 0 Å². The fourth-order valence-corrected chi connectivity index (χ4v) is 3.85. The molecular weight excluding hydrogens is 469 g/mol. The fourth-order valence-electron chi connectivity index (χ4n) is 3.20. The Labute approximate surface area is 177 Å². The lowest BCUT2D eigenvalue weighted by Crippen LogP contribution is -2.45. The highest BCUT2D eigenvalue weighted by atomic mass is 127. The van der Waals surface area contributed by atoms with Crippen LogP contribution in [0.25, 0.3) is 0 Å². The Balaban J connectivity index is 1.63. The zero-order chi connectivity index (χ0) is 20.3. The number of carbonyl (C=O) groups is 3. The number of halogens is 1. The van der Waals surface area contributed by atoms with Crippen LogP contribution in [0.5, 0.6) is 0 Å². The Morgan fingerprint density at radius 3 is 2.57 bits per heavy atom. The monoisotopic (exact) mass is 491 g/mol. The van der Waals surface area contributed by atoms with E-state index in [1.165, 1.54) is 0 Å². The Morgan fingerprint density at radius 1 is 1.18 bits per heavy atom. The van der Waals surface area contributed by atoms with E-state index in [1.54, 1.807) is 6.92 Å². The topological polar surface area (TPSA) is 78.5 Å². The highest BCUT2D eigenvalue weighted by Gasteiger charge is 2.47. The van der Waals surface area contributed by atoms with E-state index in [0.29, 0.717) is 18.5 Å². The molecule has 1 aliphatic rings. The fraction of sp³-hybridized carbons (Fsp3) is 0.286. The van der Waals surface area contributed by atoms with Gasteiger partial charge in [0, 0.05) is 9.26 Å². The second-order valence-electron chi connectivity index (χ2n) is 7.15. The van der Waals surface area contributed by atoms with Crippen LogP contribution in [0.1, 0.15) is 24.5 Å². The van der Waals surface area contributed by atoms with Gasteiger partial charge in [0.15, 0.2) is 0 Å². The zero-order valence-electron chi connectivity index (χ0n) is 15.8. The molecule has 146 valence electrons. The van der Waals surface area contributed by atoms with Crippen molar-refractivity contribution >= 4 is 46.1 Å². The van der Waals surface area contributed by atoms with E-state index in [4.69, 9.17) is 0 Å². The summed E-state index contributed by atoms with van der Waals surface area (Å²) in [6.45, 7) is 3.29. The number of anilines is 1. The summed E-state index contributed by atoms with van der Waals surface area (Å²) < 4.78 is 1.07. The van der Waals surface area contributed by atoms with Crippen LogP contribution in [-0.2, 0) is 16.0 Å². The van der Waals surface area contributed by atoms with Gasteiger partial charge in [0.2, 0.25) is 5.91 Å². The van der Waals surface area contributed by atoms with Crippen molar-refractivity contribution in [1.82, 2.24) is 10.2 Å². The highest BCUT2D eigenvalue weighted by molar-refractivity contribution is 14.1. The van der Waals surface area contributed by atoms with Crippen molar-refractivity contribution in [1.29, 1.82) is 0 Å². The summed E-state index contributed by atoms with van der Waals surface area (Å²) in [5.74, 6) is -0.775. The molecule has 0 aromatic heterocycles. The molecule has 6 nitrogen and oxygen atoms in total. The smallest absolute Gasteiger partial charge is 0.324 e. The molecule has 0 spiro atoms. The van der Waals surface area contributed by atoms with Crippen molar-refractivity contribution in [3.63, 3.8) is 0 Å². The number of carbonyl (C=O) groups excluding carboxylic acids is 3. The average Bonchev–Trinajstić information content (AvgIpc) is 2.87. The molecule has 2 N–H and O–H groups in total. The maximum absolute atomic E-state index is 12.8. The van der Waals surface area contributed by atoms with Crippen molar-refractivity contribution in [3.8, 4) is 0 Å². The normalized spacial score (nSPS) is 18.9. The number of aryl methyl sites for hydroxylation is 2. The van der Waals surface area contributed by atoms with Gasteiger partial charge in [0.25, 0.3) is 5.91 Å². The molecule has 0 radical (unpaired) electrons. The molecule has 1 fully saturated rings. The molecule has 0 aliphatic carbocycles. The first-order valence-electron chi connectivity index (χ1n) is 9.02. The number of rotatable bonds is 6. The molecule has 2 aromatic carbocycles. The van der Waals surface area contributed by atoms with Crippen LogP contribution >= 0.6 is 22.6 Å². The minimum absolute atomic E-state index is 0.309. The summed E-state index contributed by atoms with van der Waals surface area (Å²) in [5, 5.41) is 5.52. The summed E-state index contributed by atoms with van der Waals surface area (Å²) in [7, 11) is 0. The molecule has 0 bridgehead atoms. The van der Waals surface area contributed by atoms with Crippen molar-refractivity contribution in [2.24, 2.45) is 0 Å². The van der Waals surface area contributed by atoms with Crippen LogP contribution in [0, 0.1) is 10.5 Å². The molecule has 1 aliphatic heterocycles. The maximum Gasteiger partial charge on any atom is 0.325 e. The third kappa shape index (κ3) is 4.52. The Kier molecular flexibility index (Phi) is 6.02. The first kappa shape index (κ1) is 20.3. The number of urea groups is 1. The van der Waals surface area contributed by atoms with E-state index in [1.807, 2.05) is 55.5 Å². The van der Waals surface area contributed by atoms with Crippen molar-refractivity contribution in [2.75, 3.05) is 11.9 Å². The van der Waals surface area contributed by atoms with Gasteiger partial charge in [-0.05, 0) is 78.6 Å². The molecule has 0 saturated carbocycles. The van der Waals surface area contributed by atoms with Crippen LogP contribution in [0.2, 0.25) is 0 Å². The quantitative estimate of drug-likeness (QED) is 0.480. The van der Waals surface area contributed by atoms with Gasteiger partial charge in [-0.15, -0.1) is 0 Å². The molecule has 3 rings (SSSR count). The van der Waals surface area contributed by atoms with E-state index in [-0.39, 0.29) is 12.5 Å². The minimum atomic E-state index is -1.01. The largest absolute Gasteiger partial charge is 0.325 e. The molecule has 2 aromatic rings. The summed E-state index contributed by atoms with van der Waals surface area (Å²) in [6.07, 6.45) is 1.13. The van der Waals surface area contributed by atoms with Crippen LogP contribution in [0.15, 0.2) is 48.5 Å². The van der Waals surface area contributed by atoms with Gasteiger partial charge in [-0.1, -0.05) is 30.3 Å². The van der Waals surface area contributed by atoms with Gasteiger partial charge < -0.3 is 10.6 Å². The van der Waals surface area contributed by atoms with Crippen LogP contribution in [0.4, 0.5) is 10.5 Å². The van der Waals surface area contributed by atoms with Gasteiger partial charge in [0.05, 0.1) is 0 Å². The van der Waals surface area contributed by atoms with Crippen molar-refractivity contribution in [3.05, 3.63) is 63.2 Å². The number of amides is 4. The third-order valence-electron chi connectivity index (χ3n) is 4.87. The lowest BCUT2D eigenvalue weighted by molar-refractivity contribution is -0.133. The Hall–Kier alpha value is -2.42. The van der Waals surface area contributed by atoms with E-state index in [2.05, 4.69) is 33.2 Å². The predicted molar refractivity (Wildman–Crippen MR) is 116 cm³/mol. The standard InChI is InChI=1S/C21H22IN3O3/c1-14-12-16(22)8-9-17(14)23-18(26)13-25-19(27)21(2,24-20(25)28)11-10-15-6-4-3-5-7-15/h3-9,12H,10-11,13H2,1-2H3,(H,23,26)(H,24,28). The third-order valence-corrected chi connectivity index (χ3v) is 5.54. The molecule has 1 saturated heterocycles. The number of nitrogens with zero attached hydrogens (tertiary/aromatic N) is 1. The summed E-state index contributed by atoms with van der Waals surface area (Å²) in [4.78, 5) is 38.5. The number of hydrogen-bond donors (Lipinski definition) is 2. The van der Waals surface area contributed by atoms with Crippen molar-refractivity contribution < 1.29 is 14.4 Å². The molecular formula is C21H22IN3O3. The molecule has 1 atom stereocenters. The minimum Gasteiger partial charge on any atom is -0.324 e. The number of hydrogen-bond acceptors (Lipinski definition) is 3. The van der Waals surface area contributed by atoms with Gasteiger partial charge in [-0.3, -0.25) is 14.5 Å². The Morgan fingerprint density at radius 2 is 1.89 bits per heavy atom. The molecule has 7 heteroatoms. The van der Waals surface area contributed by atoms with Crippen LogP contribution in [-0.4, -0.2) is 34.8 Å². The second kappa shape index (κ2) is 8.30. The highest BCUT2D eigenvalue weighted by Crippen LogP contribution is 2.24. The number of nitrogens with one attached hydrogen (secondary N) is 2. The predicted octanol–water partition coefficient (Wildman–Crippen LogP) is 3.48. The first-order chi connectivity index (χ1) is 13.3. The van der Waals surface area contributed by atoms with Gasteiger partial charge in [0.1, 0.15) is 12.1 Å². The molecule has 1 heterocycles. The van der Waals surface area contributed by atoms with Crippen LogP contribution in [0.3, 0.4) is 0 Å². The Bertz CT molecular complexity index is 916. The van der Waals surface area contributed by atoms with Crippen molar-refractivity contribution in [2.45, 2.75) is 32.2 Å². The van der Waals surface area contributed by atoms with E-state index < -0.39 is 17.5 Å². The molecule has 1 unspecified atom stereocenters. The van der Waals surface area contributed by atoms with Gasteiger partial charge in [-0.2, -0.15) is 0 Å². The lowest BCUT2D eigenvalue weighted by atomic mass is 9.93. The first-order valence-corrected chi connectivity index (χ1v) is 10.1.